The first-order chi connectivity index (χ1) is 13.4. The molecule has 2 aromatic heterocycles. The van der Waals surface area contributed by atoms with Crippen molar-refractivity contribution in [3.8, 4) is 0 Å². The van der Waals surface area contributed by atoms with Crippen molar-refractivity contribution in [3.05, 3.63) is 29.0 Å². The molecule has 0 amide bonds. The Bertz CT molecular complexity index is 628. The Morgan fingerprint density at radius 3 is 2.52 bits per heavy atom. The average Bonchev–Trinajstić information content (AvgIpc) is 3.24. The van der Waals surface area contributed by atoms with Crippen LogP contribution in [-0.2, 0) is 11.2 Å². The molecule has 0 atom stereocenters. The van der Waals surface area contributed by atoms with Gasteiger partial charge in [-0.3, -0.25) is 0 Å². The third kappa shape index (κ3) is 6.43. The summed E-state index contributed by atoms with van der Waals surface area (Å²) in [7, 11) is 0. The number of hydrogen-bond donors (Lipinski definition) is 0. The normalized spacial score (nSPS) is 14.5. The van der Waals surface area contributed by atoms with Crippen LogP contribution in [0.15, 0.2) is 23.3 Å². The van der Waals surface area contributed by atoms with E-state index in [0.717, 1.165) is 63.1 Å². The van der Waals surface area contributed by atoms with Crippen LogP contribution in [0.2, 0.25) is 0 Å². The predicted octanol–water partition coefficient (Wildman–Crippen LogP) is 3.79. The first-order valence-corrected chi connectivity index (χ1v) is 11.1. The SMILES string of the molecule is CCCCCCCN(CCc1cscn1)c1ncc(N2CCOCC2)cn1. The highest BCUT2D eigenvalue weighted by Crippen LogP contribution is 2.17. The molecule has 0 aromatic carbocycles. The van der Waals surface area contributed by atoms with E-state index in [4.69, 9.17) is 4.74 Å². The molecule has 148 valence electrons. The first-order valence-electron chi connectivity index (χ1n) is 10.1. The van der Waals surface area contributed by atoms with E-state index in [1.54, 1.807) is 11.3 Å². The van der Waals surface area contributed by atoms with Crippen LogP contribution < -0.4 is 9.80 Å². The zero-order valence-electron chi connectivity index (χ0n) is 16.3. The second-order valence-electron chi connectivity index (χ2n) is 6.97. The lowest BCUT2D eigenvalue weighted by Gasteiger charge is -2.29. The largest absolute Gasteiger partial charge is 0.378 e. The van der Waals surface area contributed by atoms with Gasteiger partial charge in [0.05, 0.1) is 42.5 Å². The van der Waals surface area contributed by atoms with Gasteiger partial charge in [-0.05, 0) is 6.42 Å². The van der Waals surface area contributed by atoms with Crippen LogP contribution in [0.1, 0.15) is 44.7 Å². The summed E-state index contributed by atoms with van der Waals surface area (Å²) < 4.78 is 5.43. The summed E-state index contributed by atoms with van der Waals surface area (Å²) in [5, 5.41) is 2.13. The van der Waals surface area contributed by atoms with E-state index in [2.05, 4.69) is 37.1 Å². The third-order valence-corrected chi connectivity index (χ3v) is 5.57. The maximum Gasteiger partial charge on any atom is 0.225 e. The van der Waals surface area contributed by atoms with Gasteiger partial charge < -0.3 is 14.5 Å². The lowest BCUT2D eigenvalue weighted by atomic mass is 10.1. The van der Waals surface area contributed by atoms with E-state index in [-0.39, 0.29) is 0 Å². The fourth-order valence-corrected chi connectivity index (χ4v) is 3.88. The molecule has 0 spiro atoms. The molecule has 3 rings (SSSR count). The third-order valence-electron chi connectivity index (χ3n) is 4.94. The first kappa shape index (κ1) is 20.0. The topological polar surface area (TPSA) is 54.4 Å². The van der Waals surface area contributed by atoms with Crippen LogP contribution in [0.25, 0.3) is 0 Å². The molecule has 6 nitrogen and oxygen atoms in total. The lowest BCUT2D eigenvalue weighted by molar-refractivity contribution is 0.122. The van der Waals surface area contributed by atoms with Gasteiger partial charge in [0.1, 0.15) is 0 Å². The fourth-order valence-electron chi connectivity index (χ4n) is 3.29. The van der Waals surface area contributed by atoms with Gasteiger partial charge in [-0.2, -0.15) is 0 Å². The molecular weight excluding hydrogens is 358 g/mol. The number of rotatable bonds is 11. The van der Waals surface area contributed by atoms with Crippen LogP contribution in [-0.4, -0.2) is 54.3 Å². The van der Waals surface area contributed by atoms with Gasteiger partial charge in [-0.1, -0.05) is 32.6 Å². The standard InChI is InChI=1S/C20H31N5OS/c1-2-3-4-5-6-8-25(9-7-18-16-27-17-23-18)20-21-14-19(15-22-20)24-10-12-26-13-11-24/h14-17H,2-13H2,1H3. The average molecular weight is 390 g/mol. The lowest BCUT2D eigenvalue weighted by Crippen LogP contribution is -2.36. The van der Waals surface area contributed by atoms with Crippen molar-refractivity contribution >= 4 is 23.0 Å². The molecule has 0 aliphatic carbocycles. The molecule has 0 radical (unpaired) electrons. The highest BCUT2D eigenvalue weighted by Gasteiger charge is 2.14. The molecule has 2 aromatic rings. The van der Waals surface area contributed by atoms with Crippen LogP contribution in [0.4, 0.5) is 11.6 Å². The summed E-state index contributed by atoms with van der Waals surface area (Å²) in [5.41, 5.74) is 4.14. The number of morpholine rings is 1. The summed E-state index contributed by atoms with van der Waals surface area (Å²) >= 11 is 1.66. The van der Waals surface area contributed by atoms with Gasteiger partial charge in [-0.25, -0.2) is 15.0 Å². The molecule has 1 aliphatic heterocycles. The number of nitrogens with zero attached hydrogens (tertiary/aromatic N) is 5. The molecule has 1 aliphatic rings. The van der Waals surface area contributed by atoms with Crippen molar-refractivity contribution in [2.45, 2.75) is 45.4 Å². The van der Waals surface area contributed by atoms with Gasteiger partial charge in [0.2, 0.25) is 5.95 Å². The summed E-state index contributed by atoms with van der Waals surface area (Å²) in [6.07, 6.45) is 11.2. The second kappa shape index (κ2) is 11.2. The summed E-state index contributed by atoms with van der Waals surface area (Å²) in [5.74, 6) is 0.831. The highest BCUT2D eigenvalue weighted by molar-refractivity contribution is 7.07. The van der Waals surface area contributed by atoms with E-state index < -0.39 is 0 Å². The minimum Gasteiger partial charge on any atom is -0.378 e. The van der Waals surface area contributed by atoms with E-state index in [0.29, 0.717) is 0 Å². The van der Waals surface area contributed by atoms with E-state index >= 15 is 0 Å². The Kier molecular flexibility index (Phi) is 8.30. The zero-order valence-corrected chi connectivity index (χ0v) is 17.2. The number of thiazole rings is 1. The summed E-state index contributed by atoms with van der Waals surface area (Å²) in [6, 6.07) is 0. The number of anilines is 2. The van der Waals surface area contributed by atoms with Crippen LogP contribution >= 0.6 is 11.3 Å². The Labute approximate surface area is 166 Å². The molecule has 27 heavy (non-hydrogen) atoms. The van der Waals surface area contributed by atoms with Crippen LogP contribution in [0, 0.1) is 0 Å². The molecule has 1 fully saturated rings. The quantitative estimate of drug-likeness (QED) is 0.545. The van der Waals surface area contributed by atoms with E-state index in [1.165, 1.54) is 32.1 Å². The Balaban J connectivity index is 1.59. The molecule has 0 N–H and O–H groups in total. The van der Waals surface area contributed by atoms with Gasteiger partial charge >= 0.3 is 0 Å². The monoisotopic (exact) mass is 389 g/mol. The summed E-state index contributed by atoms with van der Waals surface area (Å²) in [4.78, 5) is 18.4. The summed E-state index contributed by atoms with van der Waals surface area (Å²) in [6.45, 7) is 7.54. The van der Waals surface area contributed by atoms with Gasteiger partial charge in [0.15, 0.2) is 0 Å². The molecule has 0 saturated carbocycles. The van der Waals surface area contributed by atoms with Gasteiger partial charge in [-0.15, -0.1) is 11.3 Å². The number of hydrogen-bond acceptors (Lipinski definition) is 7. The Morgan fingerprint density at radius 2 is 1.81 bits per heavy atom. The van der Waals surface area contributed by atoms with Crippen LogP contribution in [0.3, 0.4) is 0 Å². The maximum atomic E-state index is 5.43. The van der Waals surface area contributed by atoms with Crippen molar-refractivity contribution in [2.75, 3.05) is 49.2 Å². The second-order valence-corrected chi connectivity index (χ2v) is 7.69. The maximum absolute atomic E-state index is 5.43. The minimum absolute atomic E-state index is 0.777. The number of ether oxygens (including phenoxy) is 1. The molecule has 3 heterocycles. The number of aromatic nitrogens is 3. The van der Waals surface area contributed by atoms with Crippen molar-refractivity contribution in [1.29, 1.82) is 0 Å². The van der Waals surface area contributed by atoms with E-state index in [9.17, 15) is 0 Å². The predicted molar refractivity (Wildman–Crippen MR) is 112 cm³/mol. The van der Waals surface area contributed by atoms with Crippen molar-refractivity contribution in [1.82, 2.24) is 15.0 Å². The molecule has 7 heteroatoms. The Morgan fingerprint density at radius 1 is 1.04 bits per heavy atom. The smallest absolute Gasteiger partial charge is 0.225 e. The molecular formula is C20H31N5OS. The van der Waals surface area contributed by atoms with Crippen molar-refractivity contribution < 1.29 is 4.74 Å². The van der Waals surface area contributed by atoms with Gasteiger partial charge in [0, 0.05) is 38.0 Å². The van der Waals surface area contributed by atoms with Crippen molar-refractivity contribution in [2.24, 2.45) is 0 Å². The zero-order chi connectivity index (χ0) is 18.7. The Hall–Kier alpha value is -1.73. The van der Waals surface area contributed by atoms with Crippen molar-refractivity contribution in [3.63, 3.8) is 0 Å². The fraction of sp³-hybridized carbons (Fsp3) is 0.650. The molecule has 1 saturated heterocycles. The van der Waals surface area contributed by atoms with E-state index in [1.807, 2.05) is 17.9 Å². The molecule has 0 bridgehead atoms. The number of unbranched alkanes of at least 4 members (excludes halogenated alkanes) is 4. The minimum atomic E-state index is 0.777. The molecule has 0 unspecified atom stereocenters. The highest BCUT2D eigenvalue weighted by atomic mass is 32.1. The van der Waals surface area contributed by atoms with Gasteiger partial charge in [0.25, 0.3) is 0 Å². The van der Waals surface area contributed by atoms with Crippen LogP contribution in [0.5, 0.6) is 0 Å².